The van der Waals surface area contributed by atoms with Crippen LogP contribution in [-0.2, 0) is 4.43 Å². The second-order valence-corrected chi connectivity index (χ2v) is 15.9. The summed E-state index contributed by atoms with van der Waals surface area (Å²) in [4.78, 5) is 26.9. The van der Waals surface area contributed by atoms with Crippen LogP contribution in [0, 0.1) is 11.3 Å². The van der Waals surface area contributed by atoms with Crippen molar-refractivity contribution in [2.45, 2.75) is 78.2 Å². The first-order valence-corrected chi connectivity index (χ1v) is 15.1. The third-order valence-corrected chi connectivity index (χ3v) is 12.2. The maximum absolute atomic E-state index is 12.7. The molecule has 3 N–H and O–H groups in total. The van der Waals surface area contributed by atoms with E-state index in [0.29, 0.717) is 6.54 Å². The van der Waals surface area contributed by atoms with Gasteiger partial charge >= 0.3 is 5.69 Å². The minimum atomic E-state index is -2.19. The minimum Gasteiger partial charge on any atom is -0.413 e. The highest BCUT2D eigenvalue weighted by Gasteiger charge is 2.47. The first-order valence-electron chi connectivity index (χ1n) is 12.2. The number of rotatable bonds is 10. The molecular formula is C27H43N3O3Si. The van der Waals surface area contributed by atoms with Gasteiger partial charge in [-0.25, -0.2) is 4.79 Å². The molecule has 0 fully saturated rings. The average molecular weight is 486 g/mol. The van der Waals surface area contributed by atoms with Crippen LogP contribution in [0.25, 0.3) is 6.08 Å². The third-order valence-electron chi connectivity index (χ3n) is 7.70. The van der Waals surface area contributed by atoms with E-state index in [4.69, 9.17) is 10.2 Å². The molecule has 0 amide bonds. The summed E-state index contributed by atoms with van der Waals surface area (Å²) in [6.45, 7) is 18.0. The van der Waals surface area contributed by atoms with Crippen molar-refractivity contribution in [2.24, 2.45) is 17.1 Å². The third kappa shape index (κ3) is 6.46. The Balaban J connectivity index is 2.69. The molecule has 0 saturated carbocycles. The van der Waals surface area contributed by atoms with Crippen molar-refractivity contribution < 1.29 is 4.43 Å². The lowest BCUT2D eigenvalue weighted by Gasteiger charge is -2.48. The van der Waals surface area contributed by atoms with Gasteiger partial charge in [-0.2, -0.15) is 0 Å². The zero-order valence-electron chi connectivity index (χ0n) is 22.1. The predicted molar refractivity (Wildman–Crippen MR) is 145 cm³/mol. The number of benzene rings is 1. The molecule has 1 aromatic heterocycles. The summed E-state index contributed by atoms with van der Waals surface area (Å²) in [6, 6.07) is 11.2. The van der Waals surface area contributed by atoms with Gasteiger partial charge in [0.2, 0.25) is 0 Å². The maximum Gasteiger partial charge on any atom is 0.328 e. The first kappa shape index (κ1) is 28.0. The fourth-order valence-electron chi connectivity index (χ4n) is 3.88. The molecule has 0 bridgehead atoms. The topological polar surface area (TPSA) is 90.1 Å². The molecule has 0 aliphatic heterocycles. The van der Waals surface area contributed by atoms with E-state index >= 15 is 0 Å². The standard InChI is InChI=1S/C27H43N3O3Si/c1-9-27(6,19-28)24(33-34(7,8)26(3,4)5)22(16-15-21-13-11-10-12-14-21)20(2)30-18-17-23(31)29-25(30)32/h10-18,20,22,24H,9,19,28H2,1-8H3,(H,29,31,32)/b16-15+/t20-,22?,24+,27-/m1/s1. The predicted octanol–water partition coefficient (Wildman–Crippen LogP) is 5.19. The molecule has 7 heteroatoms. The van der Waals surface area contributed by atoms with Crippen LogP contribution < -0.4 is 17.0 Å². The lowest BCUT2D eigenvalue weighted by atomic mass is 9.73. The van der Waals surface area contributed by atoms with Gasteiger partial charge in [0, 0.05) is 36.2 Å². The minimum absolute atomic E-state index is 0.0141. The number of H-pyrrole nitrogens is 1. The molecule has 34 heavy (non-hydrogen) atoms. The van der Waals surface area contributed by atoms with Gasteiger partial charge in [0.1, 0.15) is 0 Å². The molecule has 0 spiro atoms. The van der Waals surface area contributed by atoms with Crippen LogP contribution in [0.1, 0.15) is 59.6 Å². The second kappa shape index (κ2) is 11.0. The number of hydrogen-bond acceptors (Lipinski definition) is 4. The van der Waals surface area contributed by atoms with Crippen LogP contribution in [-0.4, -0.2) is 30.5 Å². The van der Waals surface area contributed by atoms with E-state index in [9.17, 15) is 9.59 Å². The summed E-state index contributed by atoms with van der Waals surface area (Å²) >= 11 is 0. The highest BCUT2D eigenvalue weighted by Crippen LogP contribution is 2.44. The van der Waals surface area contributed by atoms with Gasteiger partial charge < -0.3 is 10.2 Å². The zero-order chi connectivity index (χ0) is 25.7. The van der Waals surface area contributed by atoms with Crippen LogP contribution in [0.15, 0.2) is 58.3 Å². The summed E-state index contributed by atoms with van der Waals surface area (Å²) < 4.78 is 8.72. The molecule has 1 aromatic carbocycles. The largest absolute Gasteiger partial charge is 0.413 e. The molecule has 2 rings (SSSR count). The van der Waals surface area contributed by atoms with Gasteiger partial charge in [-0.15, -0.1) is 0 Å². The van der Waals surface area contributed by atoms with E-state index in [1.165, 1.54) is 6.07 Å². The Bertz CT molecular complexity index is 1060. The summed E-state index contributed by atoms with van der Waals surface area (Å²) in [7, 11) is -2.19. The number of nitrogens with two attached hydrogens (primary N) is 1. The fraction of sp³-hybridized carbons (Fsp3) is 0.556. The van der Waals surface area contributed by atoms with Gasteiger partial charge in [-0.3, -0.25) is 14.3 Å². The quantitative estimate of drug-likeness (QED) is 0.453. The number of aromatic nitrogens is 2. The summed E-state index contributed by atoms with van der Waals surface area (Å²) in [5.74, 6) is -0.161. The lowest BCUT2D eigenvalue weighted by Crippen LogP contribution is -2.54. The Labute approximate surface area is 205 Å². The van der Waals surface area contributed by atoms with Crippen LogP contribution in [0.5, 0.6) is 0 Å². The van der Waals surface area contributed by atoms with E-state index in [0.717, 1.165) is 12.0 Å². The van der Waals surface area contributed by atoms with Crippen LogP contribution in [0.3, 0.4) is 0 Å². The number of aromatic amines is 1. The molecule has 188 valence electrons. The molecule has 0 aliphatic carbocycles. The molecule has 0 radical (unpaired) electrons. The molecule has 1 heterocycles. The first-order chi connectivity index (χ1) is 15.8. The number of hydrogen-bond donors (Lipinski definition) is 2. The van der Waals surface area contributed by atoms with E-state index in [-0.39, 0.29) is 28.5 Å². The number of nitrogens with zero attached hydrogens (tertiary/aromatic N) is 1. The summed E-state index contributed by atoms with van der Waals surface area (Å²) in [5, 5.41) is 0.0141. The molecule has 0 saturated heterocycles. The van der Waals surface area contributed by atoms with E-state index < -0.39 is 19.6 Å². The van der Waals surface area contributed by atoms with Crippen molar-refractivity contribution in [3.05, 3.63) is 75.1 Å². The van der Waals surface area contributed by atoms with Gasteiger partial charge in [0.05, 0.1) is 6.10 Å². The fourth-order valence-corrected chi connectivity index (χ4v) is 5.31. The molecule has 1 unspecified atom stereocenters. The van der Waals surface area contributed by atoms with Crippen molar-refractivity contribution in [2.75, 3.05) is 6.54 Å². The van der Waals surface area contributed by atoms with Gasteiger partial charge in [0.15, 0.2) is 8.32 Å². The van der Waals surface area contributed by atoms with Crippen molar-refractivity contribution in [1.29, 1.82) is 0 Å². The Morgan fingerprint density at radius 1 is 1.12 bits per heavy atom. The Morgan fingerprint density at radius 2 is 1.74 bits per heavy atom. The highest BCUT2D eigenvalue weighted by molar-refractivity contribution is 6.74. The molecule has 0 aliphatic rings. The Hall–Kier alpha value is -2.22. The smallest absolute Gasteiger partial charge is 0.328 e. The SMILES string of the molecule is CC[C@](C)(CN)[C@@H](O[Si](C)(C)C(C)(C)C)C(/C=C/c1ccccc1)[C@@H](C)n1ccc(=O)[nH]c1=O. The van der Waals surface area contributed by atoms with Gasteiger partial charge in [-0.1, -0.05) is 77.1 Å². The van der Waals surface area contributed by atoms with Crippen molar-refractivity contribution >= 4 is 14.4 Å². The highest BCUT2D eigenvalue weighted by atomic mass is 28.4. The van der Waals surface area contributed by atoms with Gasteiger partial charge in [-0.05, 0) is 37.0 Å². The van der Waals surface area contributed by atoms with Crippen molar-refractivity contribution in [1.82, 2.24) is 9.55 Å². The molecule has 2 aromatic rings. The van der Waals surface area contributed by atoms with Gasteiger partial charge in [0.25, 0.3) is 5.56 Å². The van der Waals surface area contributed by atoms with E-state index in [2.05, 4.69) is 77.0 Å². The zero-order valence-corrected chi connectivity index (χ0v) is 23.1. The van der Waals surface area contributed by atoms with Crippen LogP contribution in [0.4, 0.5) is 0 Å². The Morgan fingerprint density at radius 3 is 2.24 bits per heavy atom. The molecule has 4 atom stereocenters. The second-order valence-electron chi connectivity index (χ2n) is 11.1. The van der Waals surface area contributed by atoms with E-state index in [1.807, 2.05) is 25.1 Å². The van der Waals surface area contributed by atoms with E-state index in [1.54, 1.807) is 10.8 Å². The van der Waals surface area contributed by atoms with Crippen molar-refractivity contribution in [3.63, 3.8) is 0 Å². The lowest BCUT2D eigenvalue weighted by molar-refractivity contribution is 0.00393. The number of nitrogens with one attached hydrogen (secondary N) is 1. The summed E-state index contributed by atoms with van der Waals surface area (Å²) in [6.07, 6.45) is 6.43. The summed E-state index contributed by atoms with van der Waals surface area (Å²) in [5.41, 5.74) is 6.32. The van der Waals surface area contributed by atoms with Crippen LogP contribution in [0.2, 0.25) is 18.1 Å². The molecular weight excluding hydrogens is 442 g/mol. The molecule has 6 nitrogen and oxygen atoms in total. The van der Waals surface area contributed by atoms with Crippen molar-refractivity contribution in [3.8, 4) is 0 Å². The monoisotopic (exact) mass is 485 g/mol. The average Bonchev–Trinajstić information content (AvgIpc) is 2.77. The normalized spacial score (nSPS) is 17.3. The maximum atomic E-state index is 12.7. The van der Waals surface area contributed by atoms with Crippen LogP contribution >= 0.6 is 0 Å². The Kier molecular flexibility index (Phi) is 9.08.